The van der Waals surface area contributed by atoms with Crippen molar-refractivity contribution in [2.45, 2.75) is 34.2 Å². The molecule has 1 aromatic carbocycles. The summed E-state index contributed by atoms with van der Waals surface area (Å²) in [5.41, 5.74) is 8.03. The van der Waals surface area contributed by atoms with Crippen molar-refractivity contribution in [3.05, 3.63) is 58.4 Å². The third kappa shape index (κ3) is 1.92. The summed E-state index contributed by atoms with van der Waals surface area (Å²) in [5.74, 6) is 0.0230. The summed E-state index contributed by atoms with van der Waals surface area (Å²) in [6.07, 6.45) is 6.02. The largest absolute Gasteiger partial charge is 0.348 e. The summed E-state index contributed by atoms with van der Waals surface area (Å²) in [4.78, 5) is 12.1. The molecule has 108 valence electrons. The number of fused-ring (bicyclic) bond motifs is 1. The molecule has 0 fully saturated rings. The molecule has 1 aliphatic heterocycles. The molecule has 0 radical (unpaired) electrons. The van der Waals surface area contributed by atoms with Gasteiger partial charge in [0, 0.05) is 24.5 Å². The third-order valence-corrected chi connectivity index (χ3v) is 4.49. The molecule has 1 N–H and O–H groups in total. The standard InChI is InChI=1S/C18H20N2O/c1-5-14-16-13(4)17(20-8-6-7-9-20)12(3)11(2)15(16)10-19-18(14)21/h5-9H,10H2,1-4H3,(H,19,21)/b14-5+. The maximum absolute atomic E-state index is 12.1. The summed E-state index contributed by atoms with van der Waals surface area (Å²) in [5, 5.41) is 2.97. The van der Waals surface area contributed by atoms with Crippen LogP contribution in [0.15, 0.2) is 30.6 Å². The molecular weight excluding hydrogens is 260 g/mol. The fourth-order valence-corrected chi connectivity index (χ4v) is 3.33. The Morgan fingerprint density at radius 3 is 2.38 bits per heavy atom. The molecule has 3 heteroatoms. The lowest BCUT2D eigenvalue weighted by Gasteiger charge is -2.27. The van der Waals surface area contributed by atoms with E-state index in [1.165, 1.54) is 27.9 Å². The number of allylic oxidation sites excluding steroid dienone is 1. The SMILES string of the molecule is C/C=C1/C(=O)NCc2c(C)c(C)c(-n3cccc3)c(C)c21. The summed E-state index contributed by atoms with van der Waals surface area (Å²) >= 11 is 0. The van der Waals surface area contributed by atoms with Crippen LogP contribution in [-0.4, -0.2) is 10.5 Å². The Balaban J connectivity index is 2.39. The molecule has 3 nitrogen and oxygen atoms in total. The van der Waals surface area contributed by atoms with Gasteiger partial charge in [0.05, 0.1) is 5.69 Å². The first kappa shape index (κ1) is 13.7. The first-order valence-corrected chi connectivity index (χ1v) is 7.27. The zero-order valence-electron chi connectivity index (χ0n) is 12.9. The number of carbonyl (C=O) groups is 1. The second kappa shape index (κ2) is 4.92. The van der Waals surface area contributed by atoms with E-state index in [0.29, 0.717) is 6.54 Å². The fraction of sp³-hybridized carbons (Fsp3) is 0.278. The third-order valence-electron chi connectivity index (χ3n) is 4.49. The Morgan fingerprint density at radius 2 is 1.76 bits per heavy atom. The lowest BCUT2D eigenvalue weighted by atomic mass is 9.84. The van der Waals surface area contributed by atoms with E-state index in [0.717, 1.165) is 11.1 Å². The Bertz CT molecular complexity index is 752. The van der Waals surface area contributed by atoms with Crippen molar-refractivity contribution in [2.75, 3.05) is 0 Å². The van der Waals surface area contributed by atoms with Gasteiger partial charge in [0.25, 0.3) is 5.91 Å². The molecule has 0 saturated carbocycles. The molecule has 21 heavy (non-hydrogen) atoms. The molecule has 0 bridgehead atoms. The predicted molar refractivity (Wildman–Crippen MR) is 85.5 cm³/mol. The number of benzene rings is 1. The van der Waals surface area contributed by atoms with Crippen molar-refractivity contribution < 1.29 is 4.79 Å². The first-order chi connectivity index (χ1) is 10.1. The van der Waals surface area contributed by atoms with Crippen molar-refractivity contribution >= 4 is 11.5 Å². The normalized spacial score (nSPS) is 16.0. The van der Waals surface area contributed by atoms with Gasteiger partial charge in [0.1, 0.15) is 0 Å². The average Bonchev–Trinajstić information content (AvgIpc) is 2.98. The van der Waals surface area contributed by atoms with Crippen LogP contribution in [0.1, 0.15) is 34.7 Å². The minimum absolute atomic E-state index is 0.0230. The molecular formula is C18H20N2O. The molecule has 2 aromatic rings. The number of hydrogen-bond acceptors (Lipinski definition) is 1. The van der Waals surface area contributed by atoms with Gasteiger partial charge in [-0.1, -0.05) is 6.08 Å². The highest BCUT2D eigenvalue weighted by atomic mass is 16.1. The number of amides is 1. The number of nitrogens with one attached hydrogen (secondary N) is 1. The predicted octanol–water partition coefficient (Wildman–Crippen LogP) is 3.44. The summed E-state index contributed by atoms with van der Waals surface area (Å²) in [7, 11) is 0. The highest BCUT2D eigenvalue weighted by molar-refractivity contribution is 6.21. The molecule has 1 amide bonds. The maximum atomic E-state index is 12.1. The Hall–Kier alpha value is -2.29. The lowest BCUT2D eigenvalue weighted by molar-refractivity contribution is -0.116. The van der Waals surface area contributed by atoms with Crippen LogP contribution in [-0.2, 0) is 11.3 Å². The van der Waals surface area contributed by atoms with Crippen LogP contribution >= 0.6 is 0 Å². The second-order valence-corrected chi connectivity index (χ2v) is 5.55. The van der Waals surface area contributed by atoms with Gasteiger partial charge in [0.2, 0.25) is 0 Å². The van der Waals surface area contributed by atoms with Crippen molar-refractivity contribution in [3.63, 3.8) is 0 Å². The fourth-order valence-electron chi connectivity index (χ4n) is 3.33. The molecule has 2 heterocycles. The van der Waals surface area contributed by atoms with Gasteiger partial charge < -0.3 is 9.88 Å². The molecule has 0 spiro atoms. The zero-order valence-corrected chi connectivity index (χ0v) is 12.9. The lowest BCUT2D eigenvalue weighted by Crippen LogP contribution is -2.31. The molecule has 1 aromatic heterocycles. The Morgan fingerprint density at radius 1 is 1.10 bits per heavy atom. The monoisotopic (exact) mass is 280 g/mol. The minimum atomic E-state index is 0.0230. The van der Waals surface area contributed by atoms with Crippen molar-refractivity contribution in [2.24, 2.45) is 0 Å². The summed E-state index contributed by atoms with van der Waals surface area (Å²) in [6.45, 7) is 8.96. The Kier molecular flexibility index (Phi) is 3.20. The van der Waals surface area contributed by atoms with Crippen molar-refractivity contribution in [3.8, 4) is 5.69 Å². The quantitative estimate of drug-likeness (QED) is 0.798. The highest BCUT2D eigenvalue weighted by Crippen LogP contribution is 2.36. The molecule has 3 rings (SSSR count). The minimum Gasteiger partial charge on any atom is -0.348 e. The smallest absolute Gasteiger partial charge is 0.251 e. The topological polar surface area (TPSA) is 34.0 Å². The van der Waals surface area contributed by atoms with Crippen LogP contribution in [0.4, 0.5) is 0 Å². The number of carbonyl (C=O) groups excluding carboxylic acids is 1. The van der Waals surface area contributed by atoms with Gasteiger partial charge in [-0.15, -0.1) is 0 Å². The van der Waals surface area contributed by atoms with Gasteiger partial charge in [-0.05, 0) is 67.6 Å². The van der Waals surface area contributed by atoms with Gasteiger partial charge in [-0.3, -0.25) is 4.79 Å². The van der Waals surface area contributed by atoms with Crippen LogP contribution in [0, 0.1) is 20.8 Å². The van der Waals surface area contributed by atoms with E-state index in [2.05, 4.69) is 43.0 Å². The van der Waals surface area contributed by atoms with Gasteiger partial charge in [-0.2, -0.15) is 0 Å². The zero-order chi connectivity index (χ0) is 15.1. The summed E-state index contributed by atoms with van der Waals surface area (Å²) in [6, 6.07) is 4.05. The maximum Gasteiger partial charge on any atom is 0.251 e. The average molecular weight is 280 g/mol. The van der Waals surface area contributed by atoms with Crippen LogP contribution < -0.4 is 5.32 Å². The van der Waals surface area contributed by atoms with E-state index < -0.39 is 0 Å². The molecule has 0 unspecified atom stereocenters. The number of hydrogen-bond donors (Lipinski definition) is 1. The number of rotatable bonds is 1. The number of nitrogens with zero attached hydrogens (tertiary/aromatic N) is 1. The van der Waals surface area contributed by atoms with E-state index in [1.54, 1.807) is 0 Å². The van der Waals surface area contributed by atoms with Crippen molar-refractivity contribution in [1.29, 1.82) is 0 Å². The molecule has 1 aliphatic rings. The van der Waals surface area contributed by atoms with Crippen LogP contribution in [0.5, 0.6) is 0 Å². The highest BCUT2D eigenvalue weighted by Gasteiger charge is 2.27. The van der Waals surface area contributed by atoms with Gasteiger partial charge in [0.15, 0.2) is 0 Å². The van der Waals surface area contributed by atoms with E-state index in [4.69, 9.17) is 0 Å². The van der Waals surface area contributed by atoms with E-state index in [9.17, 15) is 4.79 Å². The molecule has 0 atom stereocenters. The summed E-state index contributed by atoms with van der Waals surface area (Å²) < 4.78 is 2.14. The van der Waals surface area contributed by atoms with E-state index >= 15 is 0 Å². The van der Waals surface area contributed by atoms with E-state index in [1.807, 2.05) is 25.1 Å². The number of aromatic nitrogens is 1. The second-order valence-electron chi connectivity index (χ2n) is 5.55. The Labute approximate surface area is 125 Å². The van der Waals surface area contributed by atoms with Crippen LogP contribution in [0.2, 0.25) is 0 Å². The van der Waals surface area contributed by atoms with Gasteiger partial charge in [-0.25, -0.2) is 0 Å². The first-order valence-electron chi connectivity index (χ1n) is 7.27. The molecule has 0 saturated heterocycles. The van der Waals surface area contributed by atoms with Crippen LogP contribution in [0.25, 0.3) is 11.3 Å². The van der Waals surface area contributed by atoms with Crippen molar-refractivity contribution in [1.82, 2.24) is 9.88 Å². The van der Waals surface area contributed by atoms with Gasteiger partial charge >= 0.3 is 0 Å². The van der Waals surface area contributed by atoms with E-state index in [-0.39, 0.29) is 5.91 Å². The molecule has 0 aliphatic carbocycles. The van der Waals surface area contributed by atoms with Crippen LogP contribution in [0.3, 0.4) is 0 Å².